The number of nitrogens with zero attached hydrogens (tertiary/aromatic N) is 1. The number of nitrogens with one attached hydrogen (secondary N) is 1. The van der Waals surface area contributed by atoms with E-state index < -0.39 is 12.0 Å². The van der Waals surface area contributed by atoms with Gasteiger partial charge in [-0.25, -0.2) is 0 Å². The van der Waals surface area contributed by atoms with Gasteiger partial charge in [0.05, 0.1) is 12.7 Å². The molecule has 5 heteroatoms. The van der Waals surface area contributed by atoms with E-state index in [1.165, 1.54) is 0 Å². The van der Waals surface area contributed by atoms with Crippen LogP contribution in [0.15, 0.2) is 24.3 Å². The van der Waals surface area contributed by atoms with Gasteiger partial charge in [-0.1, -0.05) is 6.07 Å². The standard InChI is InChI=1S/C12H15N3O2/c1-9(8-13)17-6-5-15-11-4-2-3-10(7-11)12(14)16/h2-4,7,9,15H,5-6H2,1H3,(H2,14,16). The minimum Gasteiger partial charge on any atom is -0.383 e. The maximum atomic E-state index is 10.9. The summed E-state index contributed by atoms with van der Waals surface area (Å²) in [4.78, 5) is 10.9. The molecule has 17 heavy (non-hydrogen) atoms. The molecule has 0 heterocycles. The number of hydrogen-bond donors (Lipinski definition) is 2. The second kappa shape index (κ2) is 6.51. The number of nitrogens with two attached hydrogens (primary N) is 1. The van der Waals surface area contributed by atoms with Crippen molar-refractivity contribution < 1.29 is 9.53 Å². The van der Waals surface area contributed by atoms with Crippen molar-refractivity contribution in [2.75, 3.05) is 18.5 Å². The summed E-state index contributed by atoms with van der Waals surface area (Å²) >= 11 is 0. The maximum absolute atomic E-state index is 10.9. The van der Waals surface area contributed by atoms with Crippen LogP contribution in [0.1, 0.15) is 17.3 Å². The van der Waals surface area contributed by atoms with Crippen LogP contribution in [0.25, 0.3) is 0 Å². The summed E-state index contributed by atoms with van der Waals surface area (Å²) in [5, 5.41) is 11.6. The van der Waals surface area contributed by atoms with E-state index in [9.17, 15) is 4.79 Å². The molecular weight excluding hydrogens is 218 g/mol. The van der Waals surface area contributed by atoms with Crippen molar-refractivity contribution >= 4 is 11.6 Å². The smallest absolute Gasteiger partial charge is 0.248 e. The Morgan fingerprint density at radius 2 is 2.41 bits per heavy atom. The highest BCUT2D eigenvalue weighted by Crippen LogP contribution is 2.09. The lowest BCUT2D eigenvalue weighted by Crippen LogP contribution is -2.15. The minimum absolute atomic E-state index is 0.409. The SMILES string of the molecule is CC(C#N)OCCNc1cccc(C(N)=O)c1. The van der Waals surface area contributed by atoms with Gasteiger partial charge in [-0.15, -0.1) is 0 Å². The van der Waals surface area contributed by atoms with Crippen LogP contribution in [0.5, 0.6) is 0 Å². The lowest BCUT2D eigenvalue weighted by molar-refractivity contribution is 0.100. The number of carbonyl (C=O) groups excluding carboxylic acids is 1. The van der Waals surface area contributed by atoms with Crippen molar-refractivity contribution in [3.05, 3.63) is 29.8 Å². The highest BCUT2D eigenvalue weighted by atomic mass is 16.5. The van der Waals surface area contributed by atoms with Gasteiger partial charge in [0.1, 0.15) is 6.10 Å². The van der Waals surface area contributed by atoms with Gasteiger partial charge in [0.2, 0.25) is 5.91 Å². The summed E-state index contributed by atoms with van der Waals surface area (Å²) in [5.41, 5.74) is 6.43. The zero-order valence-electron chi connectivity index (χ0n) is 9.64. The number of carbonyl (C=O) groups is 1. The Balaban J connectivity index is 2.40. The van der Waals surface area contributed by atoms with Gasteiger partial charge in [-0.05, 0) is 25.1 Å². The van der Waals surface area contributed by atoms with E-state index in [-0.39, 0.29) is 0 Å². The number of rotatable bonds is 6. The fourth-order valence-electron chi connectivity index (χ4n) is 1.25. The number of hydrogen-bond acceptors (Lipinski definition) is 4. The first kappa shape index (κ1) is 13.0. The molecule has 0 spiro atoms. The number of benzene rings is 1. The molecule has 90 valence electrons. The number of anilines is 1. The molecule has 1 rings (SSSR count). The van der Waals surface area contributed by atoms with E-state index in [0.717, 1.165) is 5.69 Å². The predicted octanol–water partition coefficient (Wildman–Crippen LogP) is 1.13. The first-order valence-corrected chi connectivity index (χ1v) is 5.28. The lowest BCUT2D eigenvalue weighted by atomic mass is 10.2. The molecule has 1 unspecified atom stereocenters. The third kappa shape index (κ3) is 4.53. The van der Waals surface area contributed by atoms with Crippen molar-refractivity contribution in [3.63, 3.8) is 0 Å². The highest BCUT2D eigenvalue weighted by Gasteiger charge is 2.01. The van der Waals surface area contributed by atoms with Gasteiger partial charge in [-0.2, -0.15) is 5.26 Å². The van der Waals surface area contributed by atoms with Crippen molar-refractivity contribution in [2.45, 2.75) is 13.0 Å². The number of nitriles is 1. The van der Waals surface area contributed by atoms with Gasteiger partial charge in [-0.3, -0.25) is 4.79 Å². The van der Waals surface area contributed by atoms with Crippen LogP contribution in [-0.4, -0.2) is 25.2 Å². The summed E-state index contributed by atoms with van der Waals surface area (Å²) in [6, 6.07) is 8.89. The molecule has 1 amide bonds. The third-order valence-corrected chi connectivity index (χ3v) is 2.13. The first-order valence-electron chi connectivity index (χ1n) is 5.28. The van der Waals surface area contributed by atoms with Crippen LogP contribution in [0.4, 0.5) is 5.69 Å². The number of amides is 1. The van der Waals surface area contributed by atoms with Crippen molar-refractivity contribution in [1.82, 2.24) is 0 Å². The van der Waals surface area contributed by atoms with E-state index in [1.54, 1.807) is 25.1 Å². The predicted molar refractivity (Wildman–Crippen MR) is 64.5 cm³/mol. The molecule has 1 aromatic rings. The van der Waals surface area contributed by atoms with Crippen LogP contribution < -0.4 is 11.1 Å². The second-order valence-electron chi connectivity index (χ2n) is 3.51. The largest absolute Gasteiger partial charge is 0.383 e. The normalized spacial score (nSPS) is 11.5. The fraction of sp³-hybridized carbons (Fsp3) is 0.333. The van der Waals surface area contributed by atoms with Gasteiger partial charge < -0.3 is 15.8 Å². The highest BCUT2D eigenvalue weighted by molar-refractivity contribution is 5.93. The molecule has 0 aromatic heterocycles. The fourth-order valence-corrected chi connectivity index (χ4v) is 1.25. The average Bonchev–Trinajstić information content (AvgIpc) is 2.34. The van der Waals surface area contributed by atoms with E-state index in [4.69, 9.17) is 15.7 Å². The molecule has 0 fully saturated rings. The van der Waals surface area contributed by atoms with Crippen LogP contribution in [0.2, 0.25) is 0 Å². The maximum Gasteiger partial charge on any atom is 0.248 e. The van der Waals surface area contributed by atoms with Crippen LogP contribution in [0, 0.1) is 11.3 Å². The van der Waals surface area contributed by atoms with Gasteiger partial charge >= 0.3 is 0 Å². The van der Waals surface area contributed by atoms with Crippen molar-refractivity contribution in [2.24, 2.45) is 5.73 Å². The number of ether oxygens (including phenoxy) is 1. The van der Waals surface area contributed by atoms with Crippen molar-refractivity contribution in [1.29, 1.82) is 5.26 Å². The Hall–Kier alpha value is -2.06. The van der Waals surface area contributed by atoms with Crippen LogP contribution >= 0.6 is 0 Å². The Morgan fingerprint density at radius 3 is 3.06 bits per heavy atom. The molecule has 0 aliphatic heterocycles. The molecule has 1 atom stereocenters. The molecule has 5 nitrogen and oxygen atoms in total. The second-order valence-corrected chi connectivity index (χ2v) is 3.51. The molecular formula is C12H15N3O2. The van der Waals surface area contributed by atoms with E-state index in [1.807, 2.05) is 12.1 Å². The molecule has 0 radical (unpaired) electrons. The summed E-state index contributed by atoms with van der Waals surface area (Å²) < 4.78 is 5.18. The third-order valence-electron chi connectivity index (χ3n) is 2.13. The Morgan fingerprint density at radius 1 is 1.65 bits per heavy atom. The summed E-state index contributed by atoms with van der Waals surface area (Å²) in [7, 11) is 0. The molecule has 0 aliphatic carbocycles. The Kier molecular flexibility index (Phi) is 4.98. The zero-order valence-corrected chi connectivity index (χ0v) is 9.64. The van der Waals surface area contributed by atoms with Crippen LogP contribution in [0.3, 0.4) is 0 Å². The van der Waals surface area contributed by atoms with Crippen LogP contribution in [-0.2, 0) is 4.74 Å². The molecule has 0 aliphatic rings. The summed E-state index contributed by atoms with van der Waals surface area (Å²) in [5.74, 6) is -0.456. The molecule has 3 N–H and O–H groups in total. The topological polar surface area (TPSA) is 88.1 Å². The monoisotopic (exact) mass is 233 g/mol. The Bertz CT molecular complexity index is 426. The van der Waals surface area contributed by atoms with E-state index in [0.29, 0.717) is 18.7 Å². The van der Waals surface area contributed by atoms with Gasteiger partial charge in [0.25, 0.3) is 0 Å². The van der Waals surface area contributed by atoms with E-state index in [2.05, 4.69) is 5.32 Å². The lowest BCUT2D eigenvalue weighted by Gasteiger charge is -2.08. The minimum atomic E-state index is -0.456. The molecule has 0 saturated heterocycles. The van der Waals surface area contributed by atoms with E-state index >= 15 is 0 Å². The summed E-state index contributed by atoms with van der Waals surface area (Å²) in [6.07, 6.45) is -0.409. The quantitative estimate of drug-likeness (QED) is 0.721. The first-order chi connectivity index (χ1) is 8.13. The Labute approximate surface area is 100 Å². The van der Waals surface area contributed by atoms with Crippen molar-refractivity contribution in [3.8, 4) is 6.07 Å². The molecule has 0 saturated carbocycles. The summed E-state index contributed by atoms with van der Waals surface area (Å²) in [6.45, 7) is 2.68. The zero-order chi connectivity index (χ0) is 12.7. The molecule has 1 aromatic carbocycles. The number of primary amides is 1. The van der Waals surface area contributed by atoms with Gasteiger partial charge in [0.15, 0.2) is 0 Å². The van der Waals surface area contributed by atoms with Gasteiger partial charge in [0, 0.05) is 17.8 Å². The average molecular weight is 233 g/mol. The molecule has 0 bridgehead atoms.